The molecule has 4 rings (SSSR count). The number of halogens is 3. The molecule has 1 unspecified atom stereocenters. The van der Waals surface area contributed by atoms with Crippen LogP contribution in [-0.4, -0.2) is 45.8 Å². The van der Waals surface area contributed by atoms with Crippen molar-refractivity contribution >= 4 is 26.6 Å². The van der Waals surface area contributed by atoms with Gasteiger partial charge in [-0.15, -0.1) is 0 Å². The van der Waals surface area contributed by atoms with Crippen molar-refractivity contribution in [3.8, 4) is 5.75 Å². The third kappa shape index (κ3) is 5.83. The molecule has 3 aromatic rings. The predicted octanol–water partition coefficient (Wildman–Crippen LogP) is -0.567. The number of pyridine rings is 1. The molecule has 2 aromatic carbocycles. The van der Waals surface area contributed by atoms with E-state index >= 15 is 0 Å². The van der Waals surface area contributed by atoms with Gasteiger partial charge in [0, 0.05) is 11.8 Å². The number of aromatic carboxylic acids is 1. The van der Waals surface area contributed by atoms with E-state index < -0.39 is 54.4 Å². The number of carboxylic acids is 1. The maximum absolute atomic E-state index is 13.9. The van der Waals surface area contributed by atoms with Gasteiger partial charge < -0.3 is 11.3 Å². The Morgan fingerprint density at radius 3 is 2.32 bits per heavy atom. The summed E-state index contributed by atoms with van der Waals surface area (Å²) in [4.78, 5) is 23.4. The van der Waals surface area contributed by atoms with Crippen molar-refractivity contribution in [2.75, 3.05) is 6.61 Å². The minimum Gasteiger partial charge on any atom is -1.00 e. The Bertz CT molecular complexity index is 1620. The van der Waals surface area contributed by atoms with E-state index in [1.165, 1.54) is 37.3 Å². The van der Waals surface area contributed by atoms with Crippen LogP contribution < -0.4 is 45.0 Å². The standard InChI is InChI=1S/C23H18F3N3O6S2.Na.H/c1-14-19(27-10-9-20(14)35-13-22(24,25)26)12-36(32)23(28-17-7-2-3-8-18(17)29-23)37(33,34)16-6-4-5-15(11-16)21(30)31;;/h2-11H,12-13H2,1H3,(H,30,31);;/q;+1;-1. The van der Waals surface area contributed by atoms with E-state index in [9.17, 15) is 35.7 Å². The number of hydrogen-bond donors (Lipinski definition) is 1. The number of carbonyl (C=O) groups is 1. The van der Waals surface area contributed by atoms with Gasteiger partial charge in [0.05, 0.1) is 43.4 Å². The molecular formula is C23H19F3N3NaO6S2. The quantitative estimate of drug-likeness (QED) is 0.355. The summed E-state index contributed by atoms with van der Waals surface area (Å²) < 4.78 is 81.6. The molecule has 0 amide bonds. The van der Waals surface area contributed by atoms with Crippen LogP contribution in [0.5, 0.6) is 5.75 Å². The SMILES string of the molecule is Cc1c(OCC(F)(F)F)ccnc1CS(=O)C1(S(=O)(=O)c2cccc(C(=O)O)c2)N=c2ccccc2=N1.[H-].[Na+]. The summed E-state index contributed by atoms with van der Waals surface area (Å²) in [6.07, 6.45) is -3.44. The van der Waals surface area contributed by atoms with Crippen LogP contribution >= 0.6 is 0 Å². The van der Waals surface area contributed by atoms with Crippen LogP contribution in [0.25, 0.3) is 0 Å². The van der Waals surface area contributed by atoms with Crippen LogP contribution in [0.1, 0.15) is 23.0 Å². The summed E-state index contributed by atoms with van der Waals surface area (Å²) >= 11 is 0. The molecule has 0 spiro atoms. The summed E-state index contributed by atoms with van der Waals surface area (Å²) in [5.41, 5.74) is -0.159. The van der Waals surface area contributed by atoms with Gasteiger partial charge in [-0.3, -0.25) is 9.19 Å². The third-order valence-corrected chi connectivity index (χ3v) is 9.65. The van der Waals surface area contributed by atoms with Gasteiger partial charge in [0.15, 0.2) is 6.61 Å². The second-order valence-electron chi connectivity index (χ2n) is 7.87. The van der Waals surface area contributed by atoms with Crippen molar-refractivity contribution in [2.24, 2.45) is 9.98 Å². The first-order valence-electron chi connectivity index (χ1n) is 10.5. The normalized spacial score (nSPS) is 14.8. The molecule has 1 aliphatic rings. The monoisotopic (exact) mass is 577 g/mol. The molecule has 1 aliphatic heterocycles. The van der Waals surface area contributed by atoms with Gasteiger partial charge in [-0.25, -0.2) is 23.2 Å². The Morgan fingerprint density at radius 1 is 1.11 bits per heavy atom. The molecular weight excluding hydrogens is 558 g/mol. The third-order valence-electron chi connectivity index (χ3n) is 5.36. The number of nitrogens with zero attached hydrogens (tertiary/aromatic N) is 3. The van der Waals surface area contributed by atoms with Crippen LogP contribution in [0.4, 0.5) is 13.2 Å². The largest absolute Gasteiger partial charge is 1.00 e. The van der Waals surface area contributed by atoms with Crippen molar-refractivity contribution in [1.29, 1.82) is 0 Å². The Kier molecular flexibility index (Phi) is 8.83. The zero-order valence-corrected chi connectivity index (χ0v) is 23.6. The van der Waals surface area contributed by atoms with Crippen molar-refractivity contribution in [3.63, 3.8) is 0 Å². The van der Waals surface area contributed by atoms with E-state index in [0.717, 1.165) is 18.3 Å². The van der Waals surface area contributed by atoms with E-state index in [1.807, 2.05) is 0 Å². The fourth-order valence-corrected chi connectivity index (χ4v) is 7.37. The Hall–Kier alpha value is -2.65. The second kappa shape index (κ2) is 11.2. The summed E-state index contributed by atoms with van der Waals surface area (Å²) in [6, 6.07) is 11.8. The number of carboxylic acid groups (broad SMARTS) is 1. The van der Waals surface area contributed by atoms with Crippen LogP contribution in [-0.2, 0) is 26.4 Å². The van der Waals surface area contributed by atoms with Gasteiger partial charge in [-0.05, 0) is 43.3 Å². The molecule has 0 fully saturated rings. The van der Waals surface area contributed by atoms with Gasteiger partial charge in [0.25, 0.3) is 0 Å². The molecule has 0 saturated carbocycles. The van der Waals surface area contributed by atoms with Crippen molar-refractivity contribution < 1.29 is 71.4 Å². The summed E-state index contributed by atoms with van der Waals surface area (Å²) in [5, 5.41) is 9.62. The van der Waals surface area contributed by atoms with Crippen LogP contribution in [0.3, 0.4) is 0 Å². The van der Waals surface area contributed by atoms with Crippen molar-refractivity contribution in [3.05, 3.63) is 88.3 Å². The smallest absolute Gasteiger partial charge is 1.00 e. The van der Waals surface area contributed by atoms with Crippen LogP contribution in [0.2, 0.25) is 0 Å². The molecule has 9 nitrogen and oxygen atoms in total. The van der Waals surface area contributed by atoms with Gasteiger partial charge in [0.2, 0.25) is 9.84 Å². The zero-order valence-electron chi connectivity index (χ0n) is 21.0. The fourth-order valence-electron chi connectivity index (χ4n) is 3.52. The molecule has 1 aromatic heterocycles. The molecule has 0 saturated heterocycles. The number of rotatable bonds is 8. The fraction of sp³-hybridized carbons (Fsp3) is 0.217. The molecule has 0 aliphatic carbocycles. The minimum absolute atomic E-state index is 0. The van der Waals surface area contributed by atoms with Gasteiger partial charge in [0.1, 0.15) is 5.75 Å². The minimum atomic E-state index is -4.70. The average Bonchev–Trinajstić information content (AvgIpc) is 3.26. The second-order valence-corrected chi connectivity index (χ2v) is 11.7. The Balaban J connectivity index is 0.00000267. The topological polar surface area (TPSA) is 135 Å². The number of benzene rings is 2. The number of hydrogen-bond acceptors (Lipinski definition) is 8. The number of aromatic nitrogens is 1. The van der Waals surface area contributed by atoms with Gasteiger partial charge in [-0.1, -0.05) is 18.2 Å². The summed E-state index contributed by atoms with van der Waals surface area (Å²) in [6.45, 7) is -0.154. The van der Waals surface area contributed by atoms with E-state index in [2.05, 4.69) is 15.0 Å². The van der Waals surface area contributed by atoms with Crippen molar-refractivity contribution in [1.82, 2.24) is 4.98 Å². The van der Waals surface area contributed by atoms with Gasteiger partial charge >= 0.3 is 46.0 Å². The number of alkyl halides is 3. The summed E-state index contributed by atoms with van der Waals surface area (Å²) in [7, 11) is -7.17. The molecule has 0 radical (unpaired) electrons. The molecule has 1 N–H and O–H groups in total. The Labute approximate surface area is 240 Å². The number of ether oxygens (including phenoxy) is 1. The van der Waals surface area contributed by atoms with E-state index in [0.29, 0.717) is 0 Å². The first-order valence-corrected chi connectivity index (χ1v) is 13.3. The molecule has 38 heavy (non-hydrogen) atoms. The van der Waals surface area contributed by atoms with Gasteiger partial charge in [-0.2, -0.15) is 13.2 Å². The van der Waals surface area contributed by atoms with E-state index in [-0.39, 0.29) is 64.3 Å². The first kappa shape index (κ1) is 29.9. The Morgan fingerprint density at radius 2 is 1.74 bits per heavy atom. The van der Waals surface area contributed by atoms with Crippen LogP contribution in [0.15, 0.2) is 75.7 Å². The maximum Gasteiger partial charge on any atom is 1.00 e. The number of sulfone groups is 1. The molecule has 1 atom stereocenters. The number of fused-ring (bicyclic) bond motifs is 1. The molecule has 15 heteroatoms. The maximum atomic E-state index is 13.9. The zero-order chi connectivity index (χ0) is 27.0. The average molecular weight is 578 g/mol. The van der Waals surface area contributed by atoms with Crippen molar-refractivity contribution in [2.45, 2.75) is 28.1 Å². The predicted molar refractivity (Wildman–Crippen MR) is 126 cm³/mol. The first-order chi connectivity index (χ1) is 17.3. The molecule has 0 bridgehead atoms. The number of para-hydroxylation sites is 2. The molecule has 2 heterocycles. The molecule has 196 valence electrons. The van der Waals surface area contributed by atoms with Crippen LogP contribution in [0, 0.1) is 6.92 Å². The summed E-state index contributed by atoms with van der Waals surface area (Å²) in [5.74, 6) is -2.08. The van der Waals surface area contributed by atoms with E-state index in [1.54, 1.807) is 12.1 Å². The van der Waals surface area contributed by atoms with E-state index in [4.69, 9.17) is 4.74 Å².